The van der Waals surface area contributed by atoms with Gasteiger partial charge < -0.3 is 0 Å². The number of fused-ring (bicyclic) bond motifs is 1. The quantitative estimate of drug-likeness (QED) is 0.687. The van der Waals surface area contributed by atoms with E-state index < -0.39 is 10.0 Å². The summed E-state index contributed by atoms with van der Waals surface area (Å²) in [5, 5.41) is 0. The van der Waals surface area contributed by atoms with Gasteiger partial charge in [0.1, 0.15) is 0 Å². The molecule has 0 unspecified atom stereocenters. The van der Waals surface area contributed by atoms with Crippen molar-refractivity contribution < 1.29 is 8.42 Å². The topological polar surface area (TPSA) is 68.2 Å². The molecule has 0 spiro atoms. The molecule has 0 radical (unpaired) electrons. The predicted molar refractivity (Wildman–Crippen MR) is 101 cm³/mol. The van der Waals surface area contributed by atoms with Gasteiger partial charge in [-0.05, 0) is 49.6 Å². The number of hydrogen-bond donors (Lipinski definition) is 1. The van der Waals surface area contributed by atoms with Crippen molar-refractivity contribution in [2.24, 2.45) is 0 Å². The number of rotatable bonds is 5. The second-order valence-corrected chi connectivity index (χ2v) is 8.63. The van der Waals surface area contributed by atoms with Crippen molar-refractivity contribution in [2.45, 2.75) is 23.3 Å². The van der Waals surface area contributed by atoms with E-state index in [1.807, 2.05) is 19.2 Å². The lowest BCUT2D eigenvalue weighted by Gasteiger charge is -2.09. The molecule has 0 amide bonds. The lowest BCUT2D eigenvalue weighted by Crippen LogP contribution is -2.13. The Kier molecular flexibility index (Phi) is 4.71. The van der Waals surface area contributed by atoms with E-state index in [1.165, 1.54) is 6.07 Å². The molecule has 0 aliphatic carbocycles. The highest BCUT2D eigenvalue weighted by Crippen LogP contribution is 2.25. The third-order valence-corrected chi connectivity index (χ3v) is 6.63. The number of benzene rings is 2. The van der Waals surface area contributed by atoms with Gasteiger partial charge in [-0.3, -0.25) is 14.1 Å². The number of thioether (sulfide) groups is 1. The molecule has 0 bridgehead atoms. The first kappa shape index (κ1) is 17.1. The van der Waals surface area contributed by atoms with Crippen LogP contribution in [0.3, 0.4) is 0 Å². The van der Waals surface area contributed by atoms with Crippen LogP contribution in [0.1, 0.15) is 6.92 Å². The van der Waals surface area contributed by atoms with E-state index in [9.17, 15) is 13.2 Å². The van der Waals surface area contributed by atoms with E-state index in [-0.39, 0.29) is 9.77 Å². The zero-order valence-electron chi connectivity index (χ0n) is 13.1. The van der Waals surface area contributed by atoms with Crippen LogP contribution in [-0.2, 0) is 16.6 Å². The van der Waals surface area contributed by atoms with Gasteiger partial charge in [0.25, 0.3) is 10.0 Å². The molecular weight excluding hydrogens is 364 g/mol. The highest BCUT2D eigenvalue weighted by Gasteiger charge is 2.17. The molecule has 0 aliphatic heterocycles. The van der Waals surface area contributed by atoms with Gasteiger partial charge in [0.15, 0.2) is 0 Å². The summed E-state index contributed by atoms with van der Waals surface area (Å²) in [4.78, 5) is 12.9. The van der Waals surface area contributed by atoms with Crippen molar-refractivity contribution >= 4 is 49.0 Å². The molecule has 0 aliphatic rings. The van der Waals surface area contributed by atoms with Crippen LogP contribution in [0.5, 0.6) is 0 Å². The first-order valence-electron chi connectivity index (χ1n) is 7.25. The van der Waals surface area contributed by atoms with Gasteiger partial charge in [-0.25, -0.2) is 8.42 Å². The number of nitrogens with one attached hydrogen (secondary N) is 1. The van der Waals surface area contributed by atoms with Crippen LogP contribution < -0.4 is 9.60 Å². The summed E-state index contributed by atoms with van der Waals surface area (Å²) in [6.45, 7) is 2.45. The number of nitrogens with zero attached hydrogens (tertiary/aromatic N) is 1. The minimum Gasteiger partial charge on any atom is -0.299 e. The number of anilines is 1. The molecule has 1 N–H and O–H groups in total. The fourth-order valence-electron chi connectivity index (χ4n) is 2.41. The van der Waals surface area contributed by atoms with Crippen LogP contribution >= 0.6 is 23.1 Å². The minimum atomic E-state index is -3.70. The molecule has 8 heteroatoms. The monoisotopic (exact) mass is 380 g/mol. The summed E-state index contributed by atoms with van der Waals surface area (Å²) in [5.74, 6) is 0. The smallest absolute Gasteiger partial charge is 0.299 e. The maximum atomic E-state index is 12.6. The van der Waals surface area contributed by atoms with Gasteiger partial charge in [-0.2, -0.15) is 0 Å². The van der Waals surface area contributed by atoms with Crippen molar-refractivity contribution in [3.8, 4) is 0 Å². The fraction of sp³-hybridized carbons (Fsp3) is 0.188. The average Bonchev–Trinajstić information content (AvgIpc) is 2.88. The number of sulfonamides is 1. The van der Waals surface area contributed by atoms with Gasteiger partial charge in [-0.1, -0.05) is 17.4 Å². The van der Waals surface area contributed by atoms with Gasteiger partial charge in [0.2, 0.25) is 0 Å². The van der Waals surface area contributed by atoms with Gasteiger partial charge in [0.05, 0.1) is 15.1 Å². The van der Waals surface area contributed by atoms with Crippen LogP contribution in [-0.4, -0.2) is 19.2 Å². The molecule has 0 saturated carbocycles. The van der Waals surface area contributed by atoms with Gasteiger partial charge in [0, 0.05) is 17.1 Å². The van der Waals surface area contributed by atoms with Crippen molar-refractivity contribution in [2.75, 3.05) is 11.0 Å². The van der Waals surface area contributed by atoms with E-state index >= 15 is 0 Å². The number of hydrogen-bond acceptors (Lipinski definition) is 5. The molecule has 1 heterocycles. The normalized spacial score (nSPS) is 11.8. The van der Waals surface area contributed by atoms with Crippen molar-refractivity contribution in [1.82, 2.24) is 4.57 Å². The largest absolute Gasteiger partial charge is 0.308 e. The van der Waals surface area contributed by atoms with Gasteiger partial charge >= 0.3 is 4.87 Å². The Labute approximate surface area is 148 Å². The molecule has 5 nitrogen and oxygen atoms in total. The Morgan fingerprint density at radius 2 is 2.00 bits per heavy atom. The zero-order valence-corrected chi connectivity index (χ0v) is 15.6. The molecule has 24 heavy (non-hydrogen) atoms. The third kappa shape index (κ3) is 3.22. The maximum Gasteiger partial charge on any atom is 0.308 e. The Morgan fingerprint density at radius 3 is 2.71 bits per heavy atom. The lowest BCUT2D eigenvalue weighted by atomic mass is 10.3. The molecule has 0 atom stereocenters. The van der Waals surface area contributed by atoms with Crippen molar-refractivity contribution in [1.29, 1.82) is 0 Å². The molecule has 2 aromatic carbocycles. The Balaban J connectivity index is 2.00. The Bertz CT molecular complexity index is 1050. The molecule has 0 saturated heterocycles. The molecule has 1 aromatic heterocycles. The van der Waals surface area contributed by atoms with Crippen LogP contribution in [0.4, 0.5) is 5.69 Å². The first-order chi connectivity index (χ1) is 11.4. The van der Waals surface area contributed by atoms with Crippen LogP contribution in [0.25, 0.3) is 10.2 Å². The second-order valence-electron chi connectivity index (χ2n) is 5.08. The Hall–Kier alpha value is -1.77. The summed E-state index contributed by atoms with van der Waals surface area (Å²) < 4.78 is 30.1. The molecule has 3 aromatic rings. The van der Waals surface area contributed by atoms with E-state index in [1.54, 1.807) is 46.7 Å². The van der Waals surface area contributed by atoms with Crippen LogP contribution in [0.15, 0.2) is 57.1 Å². The minimum absolute atomic E-state index is 0.0809. The summed E-state index contributed by atoms with van der Waals surface area (Å²) >= 11 is 2.60. The molecular formula is C16H16N2O3S3. The number of aryl methyl sites for hydroxylation is 1. The summed E-state index contributed by atoms with van der Waals surface area (Å²) in [5.41, 5.74) is 1.28. The second kappa shape index (κ2) is 6.62. The van der Waals surface area contributed by atoms with Crippen LogP contribution in [0, 0.1) is 0 Å². The SMILES string of the molecule is CCn1c(=O)sc2cc(S(=O)(=O)Nc3cccc(SC)c3)ccc21. The van der Waals surface area contributed by atoms with Gasteiger partial charge in [-0.15, -0.1) is 11.8 Å². The summed E-state index contributed by atoms with van der Waals surface area (Å²) in [7, 11) is -3.70. The van der Waals surface area contributed by atoms with E-state index in [4.69, 9.17) is 0 Å². The first-order valence-corrected chi connectivity index (χ1v) is 10.8. The van der Waals surface area contributed by atoms with E-state index in [0.717, 1.165) is 21.7 Å². The Morgan fingerprint density at radius 1 is 1.21 bits per heavy atom. The number of aromatic nitrogens is 1. The van der Waals surface area contributed by atoms with Crippen molar-refractivity contribution in [3.05, 3.63) is 52.1 Å². The average molecular weight is 381 g/mol. The van der Waals surface area contributed by atoms with E-state index in [2.05, 4.69) is 4.72 Å². The van der Waals surface area contributed by atoms with Crippen molar-refractivity contribution in [3.63, 3.8) is 0 Å². The standard InChI is InChI=1S/C16H16N2O3S3/c1-3-18-14-8-7-13(10-15(14)23-16(18)19)24(20,21)17-11-5-4-6-12(9-11)22-2/h4-10,17H,3H2,1-2H3. The number of thiazole rings is 1. The summed E-state index contributed by atoms with van der Waals surface area (Å²) in [6.07, 6.45) is 1.93. The highest BCUT2D eigenvalue weighted by atomic mass is 32.2. The molecule has 0 fully saturated rings. The molecule has 3 rings (SSSR count). The lowest BCUT2D eigenvalue weighted by molar-refractivity contribution is 0.601. The van der Waals surface area contributed by atoms with E-state index in [0.29, 0.717) is 16.9 Å². The fourth-order valence-corrected chi connectivity index (χ4v) is 5.02. The molecule has 126 valence electrons. The predicted octanol–water partition coefficient (Wildman–Crippen LogP) is 3.61. The highest BCUT2D eigenvalue weighted by molar-refractivity contribution is 7.98. The summed E-state index contributed by atoms with van der Waals surface area (Å²) in [6, 6.07) is 12.0. The zero-order chi connectivity index (χ0) is 17.3. The maximum absolute atomic E-state index is 12.6. The van der Waals surface area contributed by atoms with Crippen LogP contribution in [0.2, 0.25) is 0 Å². The third-order valence-electron chi connectivity index (χ3n) is 3.59.